The number of aromatic nitrogens is 2. The van der Waals surface area contributed by atoms with Crippen molar-refractivity contribution in [3.63, 3.8) is 0 Å². The van der Waals surface area contributed by atoms with E-state index in [-0.39, 0.29) is 24.3 Å². The Kier molecular flexibility index (Phi) is 4.19. The van der Waals surface area contributed by atoms with Crippen molar-refractivity contribution in [2.24, 2.45) is 5.92 Å². The normalized spacial score (nSPS) is 20.1. The number of nitrogens with one attached hydrogen (secondary N) is 1. The molecule has 2 amide bonds. The van der Waals surface area contributed by atoms with Gasteiger partial charge in [0.2, 0.25) is 18.2 Å². The molecule has 1 fully saturated rings. The molecule has 9 heteroatoms. The number of carbonyl (C=O) groups is 2. The number of carbonyl (C=O) groups excluding carboxylic acids is 2. The first-order chi connectivity index (χ1) is 12.6. The molecule has 136 valence electrons. The van der Waals surface area contributed by atoms with Gasteiger partial charge in [0.1, 0.15) is 13.2 Å². The van der Waals surface area contributed by atoms with Crippen LogP contribution in [-0.4, -0.2) is 41.7 Å². The molecule has 2 aliphatic heterocycles. The van der Waals surface area contributed by atoms with Gasteiger partial charge in [0.25, 0.3) is 0 Å². The van der Waals surface area contributed by atoms with Gasteiger partial charge in [-0.25, -0.2) is 0 Å². The number of hydrogen-bond donors (Lipinski definition) is 1. The molecule has 3 heterocycles. The number of benzene rings is 1. The van der Waals surface area contributed by atoms with Crippen LogP contribution in [0.15, 0.2) is 29.1 Å². The molecule has 1 aromatic carbocycles. The Morgan fingerprint density at radius 3 is 2.88 bits per heavy atom. The van der Waals surface area contributed by atoms with Gasteiger partial charge in [0.15, 0.2) is 17.3 Å². The summed E-state index contributed by atoms with van der Waals surface area (Å²) in [7, 11) is 0. The van der Waals surface area contributed by atoms with Crippen molar-refractivity contribution >= 4 is 17.5 Å². The summed E-state index contributed by atoms with van der Waals surface area (Å²) in [5.74, 6) is 0.913. The van der Waals surface area contributed by atoms with Crippen LogP contribution in [0.4, 0.5) is 5.69 Å². The first kappa shape index (κ1) is 16.4. The average Bonchev–Trinajstić information content (AvgIpc) is 3.31. The lowest BCUT2D eigenvalue weighted by Gasteiger charge is -2.22. The number of ether oxygens (including phenoxy) is 2. The molecule has 9 nitrogen and oxygen atoms in total. The summed E-state index contributed by atoms with van der Waals surface area (Å²) in [6.45, 7) is 3.06. The van der Waals surface area contributed by atoms with Gasteiger partial charge in [0, 0.05) is 24.7 Å². The third-order valence-corrected chi connectivity index (χ3v) is 4.46. The SMILES string of the molecule is CC(NC(=O)C1CC(=O)N(c2ccc3c(c2)OCCO3)C1)c1ncon1. The maximum Gasteiger partial charge on any atom is 0.227 e. The van der Waals surface area contributed by atoms with Crippen molar-refractivity contribution in [1.82, 2.24) is 15.5 Å². The Morgan fingerprint density at radius 2 is 2.12 bits per heavy atom. The van der Waals surface area contributed by atoms with Gasteiger partial charge < -0.3 is 24.2 Å². The molecular formula is C17H18N4O5. The number of amides is 2. The number of fused-ring (bicyclic) bond motifs is 1. The molecule has 0 saturated carbocycles. The van der Waals surface area contributed by atoms with Gasteiger partial charge in [-0.1, -0.05) is 5.16 Å². The third-order valence-electron chi connectivity index (χ3n) is 4.46. The zero-order valence-electron chi connectivity index (χ0n) is 14.2. The van der Waals surface area contributed by atoms with Crippen molar-refractivity contribution in [3.05, 3.63) is 30.4 Å². The quantitative estimate of drug-likeness (QED) is 0.871. The summed E-state index contributed by atoms with van der Waals surface area (Å²) < 4.78 is 15.7. The highest BCUT2D eigenvalue weighted by Gasteiger charge is 2.36. The van der Waals surface area contributed by atoms with E-state index in [0.717, 1.165) is 0 Å². The van der Waals surface area contributed by atoms with Gasteiger partial charge in [0.05, 0.1) is 12.0 Å². The summed E-state index contributed by atoms with van der Waals surface area (Å²) in [6.07, 6.45) is 1.36. The van der Waals surface area contributed by atoms with E-state index < -0.39 is 5.92 Å². The van der Waals surface area contributed by atoms with E-state index >= 15 is 0 Å². The summed E-state index contributed by atoms with van der Waals surface area (Å²) in [6, 6.07) is 4.96. The van der Waals surface area contributed by atoms with Crippen LogP contribution < -0.4 is 19.7 Å². The second-order valence-electron chi connectivity index (χ2n) is 6.25. The predicted octanol–water partition coefficient (Wildman–Crippen LogP) is 1.07. The summed E-state index contributed by atoms with van der Waals surface area (Å²) in [4.78, 5) is 30.4. The largest absolute Gasteiger partial charge is 0.486 e. The zero-order chi connectivity index (χ0) is 18.1. The Bertz CT molecular complexity index is 823. The Hall–Kier alpha value is -3.10. The topological polar surface area (TPSA) is 107 Å². The highest BCUT2D eigenvalue weighted by atomic mass is 16.6. The lowest BCUT2D eigenvalue weighted by atomic mass is 10.1. The fourth-order valence-corrected chi connectivity index (χ4v) is 3.10. The molecule has 4 rings (SSSR count). The van der Waals surface area contributed by atoms with E-state index in [0.29, 0.717) is 42.8 Å². The van der Waals surface area contributed by atoms with Crippen molar-refractivity contribution < 1.29 is 23.6 Å². The molecule has 2 atom stereocenters. The van der Waals surface area contributed by atoms with Gasteiger partial charge in [-0.15, -0.1) is 0 Å². The fourth-order valence-electron chi connectivity index (χ4n) is 3.10. The fraction of sp³-hybridized carbons (Fsp3) is 0.412. The van der Waals surface area contributed by atoms with Crippen LogP contribution in [0.25, 0.3) is 0 Å². The minimum atomic E-state index is -0.440. The number of rotatable bonds is 4. The Morgan fingerprint density at radius 1 is 1.31 bits per heavy atom. The minimum Gasteiger partial charge on any atom is -0.486 e. The van der Waals surface area contributed by atoms with E-state index in [4.69, 9.17) is 9.47 Å². The molecule has 0 bridgehead atoms. The van der Waals surface area contributed by atoms with Crippen molar-refractivity contribution in [2.45, 2.75) is 19.4 Å². The lowest BCUT2D eigenvalue weighted by Crippen LogP contribution is -2.35. The van der Waals surface area contributed by atoms with Crippen LogP contribution in [0.3, 0.4) is 0 Å². The number of anilines is 1. The average molecular weight is 358 g/mol. The summed E-state index contributed by atoms with van der Waals surface area (Å²) in [5.41, 5.74) is 0.695. The maximum absolute atomic E-state index is 12.5. The van der Waals surface area contributed by atoms with Crippen LogP contribution in [0.5, 0.6) is 11.5 Å². The van der Waals surface area contributed by atoms with Crippen molar-refractivity contribution in [2.75, 3.05) is 24.7 Å². The van der Waals surface area contributed by atoms with E-state index in [2.05, 4.69) is 20.0 Å². The first-order valence-electron chi connectivity index (χ1n) is 8.38. The second kappa shape index (κ2) is 6.66. The second-order valence-corrected chi connectivity index (χ2v) is 6.25. The van der Waals surface area contributed by atoms with Crippen LogP contribution in [0.1, 0.15) is 25.2 Å². The van der Waals surface area contributed by atoms with Gasteiger partial charge in [-0.05, 0) is 19.1 Å². The van der Waals surface area contributed by atoms with Gasteiger partial charge in [-0.2, -0.15) is 4.98 Å². The molecule has 0 radical (unpaired) electrons. The molecule has 2 aromatic rings. The van der Waals surface area contributed by atoms with Crippen LogP contribution >= 0.6 is 0 Å². The molecule has 2 aliphatic rings. The summed E-state index contributed by atoms with van der Waals surface area (Å²) >= 11 is 0. The standard InChI is InChI=1S/C17H18N4O5/c1-10(16-18-9-26-20-16)19-17(23)11-6-15(22)21(8-11)12-2-3-13-14(7-12)25-5-4-24-13/h2-3,7,9-11H,4-6,8H2,1H3,(H,19,23). The highest BCUT2D eigenvalue weighted by molar-refractivity contribution is 6.00. The van der Waals surface area contributed by atoms with Gasteiger partial charge >= 0.3 is 0 Å². The van der Waals surface area contributed by atoms with E-state index in [1.807, 2.05) is 0 Å². The monoisotopic (exact) mass is 358 g/mol. The van der Waals surface area contributed by atoms with Gasteiger partial charge in [-0.3, -0.25) is 9.59 Å². The molecule has 2 unspecified atom stereocenters. The molecule has 1 N–H and O–H groups in total. The highest BCUT2D eigenvalue weighted by Crippen LogP contribution is 2.36. The molecule has 1 saturated heterocycles. The number of nitrogens with zero attached hydrogens (tertiary/aromatic N) is 3. The smallest absolute Gasteiger partial charge is 0.227 e. The minimum absolute atomic E-state index is 0.103. The summed E-state index contributed by atoms with van der Waals surface area (Å²) in [5, 5.41) is 6.53. The van der Waals surface area contributed by atoms with Crippen LogP contribution in [-0.2, 0) is 9.59 Å². The van der Waals surface area contributed by atoms with Crippen molar-refractivity contribution in [3.8, 4) is 11.5 Å². The Labute approximate surface area is 149 Å². The molecule has 1 aromatic heterocycles. The first-order valence-corrected chi connectivity index (χ1v) is 8.38. The maximum atomic E-state index is 12.5. The zero-order valence-corrected chi connectivity index (χ0v) is 14.2. The van der Waals surface area contributed by atoms with Crippen LogP contribution in [0, 0.1) is 5.92 Å². The molecule has 0 aliphatic carbocycles. The Balaban J connectivity index is 1.44. The van der Waals surface area contributed by atoms with Crippen LogP contribution in [0.2, 0.25) is 0 Å². The van der Waals surface area contributed by atoms with E-state index in [1.54, 1.807) is 30.0 Å². The molecule has 0 spiro atoms. The molecular weight excluding hydrogens is 340 g/mol. The molecule has 26 heavy (non-hydrogen) atoms. The number of hydrogen-bond acceptors (Lipinski definition) is 7. The lowest BCUT2D eigenvalue weighted by molar-refractivity contribution is -0.126. The van der Waals surface area contributed by atoms with Crippen molar-refractivity contribution in [1.29, 1.82) is 0 Å². The predicted molar refractivity (Wildman–Crippen MR) is 88.7 cm³/mol. The van der Waals surface area contributed by atoms with E-state index in [9.17, 15) is 9.59 Å². The third kappa shape index (κ3) is 3.07. The van der Waals surface area contributed by atoms with E-state index in [1.165, 1.54) is 6.39 Å².